The highest BCUT2D eigenvalue weighted by Gasteiger charge is 2.18. The first-order chi connectivity index (χ1) is 11.3. The summed E-state index contributed by atoms with van der Waals surface area (Å²) in [5.41, 5.74) is 1.24. The number of carbonyl (C=O) groups is 1. The van der Waals surface area contributed by atoms with E-state index in [4.69, 9.17) is 0 Å². The second-order valence-corrected chi connectivity index (χ2v) is 4.98. The number of aryl methyl sites for hydroxylation is 2. The van der Waals surface area contributed by atoms with E-state index in [1.807, 2.05) is 0 Å². The maximum atomic E-state index is 12.4. The fourth-order valence-electron chi connectivity index (χ4n) is 2.01. The van der Waals surface area contributed by atoms with Gasteiger partial charge in [0.05, 0.1) is 22.5 Å². The first kappa shape index (κ1) is 17.3. The number of rotatable bonds is 6. The van der Waals surface area contributed by atoms with E-state index in [1.165, 1.54) is 18.2 Å². The number of aromatic nitrogens is 2. The van der Waals surface area contributed by atoms with Crippen LogP contribution in [0.25, 0.3) is 0 Å². The standard InChI is InChI=1S/C14H14F2N4O4/c1-8-3-4-11(24-14(15)16)10(5-8)17-13(21)7-19-9(2)6-12(18-19)20(22)23/h3-6,14H,7H2,1-2H3,(H,17,21). The summed E-state index contributed by atoms with van der Waals surface area (Å²) < 4.78 is 30.3. The van der Waals surface area contributed by atoms with Crippen molar-refractivity contribution in [1.82, 2.24) is 9.78 Å². The van der Waals surface area contributed by atoms with E-state index >= 15 is 0 Å². The molecule has 0 unspecified atom stereocenters. The Morgan fingerprint density at radius 1 is 1.42 bits per heavy atom. The van der Waals surface area contributed by atoms with Crippen molar-refractivity contribution < 1.29 is 23.2 Å². The third-order valence-corrected chi connectivity index (χ3v) is 3.07. The summed E-state index contributed by atoms with van der Waals surface area (Å²) in [6.45, 7) is -0.0464. The molecular weight excluding hydrogens is 326 g/mol. The van der Waals surface area contributed by atoms with E-state index in [1.54, 1.807) is 19.9 Å². The van der Waals surface area contributed by atoms with Crippen LogP contribution in [0.2, 0.25) is 0 Å². The van der Waals surface area contributed by atoms with Gasteiger partial charge >= 0.3 is 12.4 Å². The highest BCUT2D eigenvalue weighted by molar-refractivity contribution is 5.92. The van der Waals surface area contributed by atoms with Crippen LogP contribution in [-0.4, -0.2) is 27.2 Å². The number of carbonyl (C=O) groups excluding carboxylic acids is 1. The van der Waals surface area contributed by atoms with Gasteiger partial charge in [-0.25, -0.2) is 0 Å². The van der Waals surface area contributed by atoms with Crippen LogP contribution in [0.3, 0.4) is 0 Å². The smallest absolute Gasteiger partial charge is 0.390 e. The van der Waals surface area contributed by atoms with Crippen LogP contribution in [0.5, 0.6) is 5.75 Å². The molecule has 0 aliphatic carbocycles. The van der Waals surface area contributed by atoms with Crippen molar-refractivity contribution in [1.29, 1.82) is 0 Å². The Morgan fingerprint density at radius 2 is 2.12 bits per heavy atom. The maximum Gasteiger partial charge on any atom is 0.390 e. The molecule has 0 spiro atoms. The van der Waals surface area contributed by atoms with E-state index in [2.05, 4.69) is 15.2 Å². The van der Waals surface area contributed by atoms with E-state index < -0.39 is 17.4 Å². The Bertz CT molecular complexity index is 776. The van der Waals surface area contributed by atoms with Crippen LogP contribution in [0.4, 0.5) is 20.3 Å². The van der Waals surface area contributed by atoms with Gasteiger partial charge in [0.1, 0.15) is 12.3 Å². The number of benzene rings is 1. The molecule has 24 heavy (non-hydrogen) atoms. The van der Waals surface area contributed by atoms with Gasteiger partial charge < -0.3 is 20.2 Å². The first-order valence-corrected chi connectivity index (χ1v) is 6.80. The molecular formula is C14H14F2N4O4. The number of hydrogen-bond donors (Lipinski definition) is 1. The lowest BCUT2D eigenvalue weighted by atomic mass is 10.2. The second kappa shape index (κ2) is 7.02. The highest BCUT2D eigenvalue weighted by Crippen LogP contribution is 2.27. The van der Waals surface area contributed by atoms with Gasteiger partial charge in [-0.1, -0.05) is 6.07 Å². The molecule has 0 atom stereocenters. The van der Waals surface area contributed by atoms with Crippen molar-refractivity contribution >= 4 is 17.4 Å². The fourth-order valence-corrected chi connectivity index (χ4v) is 2.01. The maximum absolute atomic E-state index is 12.4. The number of hydrogen-bond acceptors (Lipinski definition) is 5. The minimum absolute atomic E-state index is 0.0830. The molecule has 10 heteroatoms. The Kier molecular flexibility index (Phi) is 5.07. The minimum atomic E-state index is -3.03. The lowest BCUT2D eigenvalue weighted by molar-refractivity contribution is -0.389. The zero-order valence-corrected chi connectivity index (χ0v) is 12.8. The summed E-state index contributed by atoms with van der Waals surface area (Å²) in [7, 11) is 0. The number of nitro groups is 1. The molecule has 8 nitrogen and oxygen atoms in total. The summed E-state index contributed by atoms with van der Waals surface area (Å²) >= 11 is 0. The van der Waals surface area contributed by atoms with Crippen molar-refractivity contribution in [2.75, 3.05) is 5.32 Å². The fraction of sp³-hybridized carbons (Fsp3) is 0.286. The predicted molar refractivity (Wildman–Crippen MR) is 80.1 cm³/mol. The largest absolute Gasteiger partial charge is 0.433 e. The topological polar surface area (TPSA) is 99.3 Å². The average Bonchev–Trinajstić information content (AvgIpc) is 2.83. The summed E-state index contributed by atoms with van der Waals surface area (Å²) in [6, 6.07) is 5.59. The molecule has 0 radical (unpaired) electrons. The molecule has 0 fully saturated rings. The lowest BCUT2D eigenvalue weighted by Crippen LogP contribution is -2.21. The monoisotopic (exact) mass is 340 g/mol. The molecule has 0 saturated heterocycles. The third-order valence-electron chi connectivity index (χ3n) is 3.07. The molecule has 2 aromatic rings. The number of amides is 1. The Hall–Kier alpha value is -3.04. The number of nitrogens with one attached hydrogen (secondary N) is 1. The molecule has 0 bridgehead atoms. The Labute approximate surface area is 135 Å². The van der Waals surface area contributed by atoms with Gasteiger partial charge in [0.25, 0.3) is 0 Å². The van der Waals surface area contributed by atoms with Crippen LogP contribution >= 0.6 is 0 Å². The molecule has 1 aromatic carbocycles. The van der Waals surface area contributed by atoms with E-state index in [9.17, 15) is 23.7 Å². The summed E-state index contributed by atoms with van der Waals surface area (Å²) in [5, 5.41) is 16.8. The molecule has 1 N–H and O–H groups in total. The normalized spacial score (nSPS) is 10.7. The van der Waals surface area contributed by atoms with Gasteiger partial charge in [0.15, 0.2) is 0 Å². The van der Waals surface area contributed by atoms with Crippen molar-refractivity contribution in [3.05, 3.63) is 45.6 Å². The van der Waals surface area contributed by atoms with Gasteiger partial charge in [-0.15, -0.1) is 0 Å². The molecule has 1 amide bonds. The summed E-state index contributed by atoms with van der Waals surface area (Å²) in [6.07, 6.45) is 0. The Morgan fingerprint density at radius 3 is 2.71 bits per heavy atom. The number of alkyl halides is 2. The summed E-state index contributed by atoms with van der Waals surface area (Å²) in [4.78, 5) is 22.1. The zero-order chi connectivity index (χ0) is 17.9. The van der Waals surface area contributed by atoms with Gasteiger partial charge in [0.2, 0.25) is 5.91 Å². The van der Waals surface area contributed by atoms with Crippen LogP contribution in [0.1, 0.15) is 11.3 Å². The van der Waals surface area contributed by atoms with Crippen LogP contribution in [0, 0.1) is 24.0 Å². The van der Waals surface area contributed by atoms with Gasteiger partial charge in [-0.2, -0.15) is 13.5 Å². The molecule has 0 aliphatic rings. The molecule has 1 aromatic heterocycles. The van der Waals surface area contributed by atoms with Gasteiger partial charge in [0, 0.05) is 0 Å². The second-order valence-electron chi connectivity index (χ2n) is 4.98. The Balaban J connectivity index is 2.15. The third kappa shape index (κ3) is 4.24. The number of nitrogens with zero attached hydrogens (tertiary/aromatic N) is 3. The van der Waals surface area contributed by atoms with Crippen molar-refractivity contribution in [3.63, 3.8) is 0 Å². The number of halogens is 2. The van der Waals surface area contributed by atoms with E-state index in [0.717, 1.165) is 10.2 Å². The lowest BCUT2D eigenvalue weighted by Gasteiger charge is -2.12. The molecule has 128 valence electrons. The van der Waals surface area contributed by atoms with E-state index in [-0.39, 0.29) is 23.8 Å². The quantitative estimate of drug-likeness (QED) is 0.644. The number of ether oxygens (including phenoxy) is 1. The number of anilines is 1. The molecule has 0 aliphatic heterocycles. The summed E-state index contributed by atoms with van der Waals surface area (Å²) in [5.74, 6) is -1.13. The average molecular weight is 340 g/mol. The van der Waals surface area contributed by atoms with Gasteiger partial charge in [-0.3, -0.25) is 4.79 Å². The first-order valence-electron chi connectivity index (χ1n) is 6.80. The van der Waals surface area contributed by atoms with Crippen LogP contribution in [0.15, 0.2) is 24.3 Å². The van der Waals surface area contributed by atoms with Crippen molar-refractivity contribution in [3.8, 4) is 5.75 Å². The van der Waals surface area contributed by atoms with E-state index in [0.29, 0.717) is 5.69 Å². The SMILES string of the molecule is Cc1ccc(OC(F)F)c(NC(=O)Cn2nc([N+](=O)[O-])cc2C)c1. The predicted octanol–water partition coefficient (Wildman–Crippen LogP) is 2.65. The highest BCUT2D eigenvalue weighted by atomic mass is 19.3. The molecule has 2 rings (SSSR count). The van der Waals surface area contributed by atoms with Gasteiger partial charge in [-0.05, 0) is 36.5 Å². The van der Waals surface area contributed by atoms with Crippen LogP contribution in [-0.2, 0) is 11.3 Å². The molecule has 1 heterocycles. The zero-order valence-electron chi connectivity index (χ0n) is 12.8. The van der Waals surface area contributed by atoms with Crippen LogP contribution < -0.4 is 10.1 Å². The minimum Gasteiger partial charge on any atom is -0.433 e. The van der Waals surface area contributed by atoms with Crippen molar-refractivity contribution in [2.24, 2.45) is 0 Å². The molecule has 0 saturated carbocycles. The van der Waals surface area contributed by atoms with Crippen molar-refractivity contribution in [2.45, 2.75) is 27.0 Å².